The van der Waals surface area contributed by atoms with Crippen molar-refractivity contribution in [2.45, 2.75) is 24.8 Å². The normalized spacial score (nSPS) is 17.9. The van der Waals surface area contributed by atoms with E-state index in [1.807, 2.05) is 0 Å². The molecule has 0 atom stereocenters. The predicted octanol–water partition coefficient (Wildman–Crippen LogP) is 2.47. The Bertz CT molecular complexity index is 392. The lowest BCUT2D eigenvalue weighted by atomic mass is 10.0. The van der Waals surface area contributed by atoms with Crippen molar-refractivity contribution in [1.82, 2.24) is 0 Å². The summed E-state index contributed by atoms with van der Waals surface area (Å²) in [7, 11) is 0. The molecule has 1 fully saturated rings. The van der Waals surface area contributed by atoms with Crippen LogP contribution in [0.2, 0.25) is 0 Å². The highest BCUT2D eigenvalue weighted by molar-refractivity contribution is 9.10. The molecule has 0 unspecified atom stereocenters. The highest BCUT2D eigenvalue weighted by Crippen LogP contribution is 2.40. The lowest BCUT2D eigenvalue weighted by molar-refractivity contribution is 0.431. The number of hydrogen-bond acceptors (Lipinski definition) is 2. The van der Waals surface area contributed by atoms with Crippen LogP contribution in [0.25, 0.3) is 0 Å². The van der Waals surface area contributed by atoms with Gasteiger partial charge >= 0.3 is 0 Å². The summed E-state index contributed by atoms with van der Waals surface area (Å²) in [5, 5.41) is 9.58. The molecule has 1 aliphatic carbocycles. The molecule has 0 bridgehead atoms. The Morgan fingerprint density at radius 3 is 2.60 bits per heavy atom. The van der Waals surface area contributed by atoms with E-state index >= 15 is 0 Å². The van der Waals surface area contributed by atoms with Crippen LogP contribution in [-0.2, 0) is 6.42 Å². The zero-order valence-electron chi connectivity index (χ0n) is 7.86. The van der Waals surface area contributed by atoms with Crippen molar-refractivity contribution in [2.75, 3.05) is 0 Å². The molecule has 0 heterocycles. The maximum absolute atomic E-state index is 13.4. The third-order valence-corrected chi connectivity index (χ3v) is 3.27. The Hall–Kier alpha value is -0.680. The molecule has 0 aromatic heterocycles. The van der Waals surface area contributed by atoms with Crippen LogP contribution in [0.3, 0.4) is 0 Å². The lowest BCUT2D eigenvalue weighted by Gasteiger charge is -2.12. The first kappa shape index (κ1) is 10.8. The Kier molecular flexibility index (Phi) is 2.47. The fourth-order valence-corrected chi connectivity index (χ4v) is 1.93. The van der Waals surface area contributed by atoms with E-state index in [0.29, 0.717) is 0 Å². The van der Waals surface area contributed by atoms with Gasteiger partial charge in [-0.2, -0.15) is 0 Å². The second-order valence-electron chi connectivity index (χ2n) is 4.02. The van der Waals surface area contributed by atoms with Gasteiger partial charge in [0.2, 0.25) is 0 Å². The van der Waals surface area contributed by atoms with Crippen molar-refractivity contribution in [3.05, 3.63) is 27.7 Å². The number of nitrogens with two attached hydrogens (primary N) is 1. The summed E-state index contributed by atoms with van der Waals surface area (Å²) in [6.07, 6.45) is 1.72. The maximum atomic E-state index is 13.4. The van der Waals surface area contributed by atoms with Crippen LogP contribution in [0.15, 0.2) is 10.5 Å². The fourth-order valence-electron chi connectivity index (χ4n) is 1.49. The van der Waals surface area contributed by atoms with E-state index in [2.05, 4.69) is 15.9 Å². The van der Waals surface area contributed by atoms with E-state index in [1.54, 1.807) is 0 Å². The topological polar surface area (TPSA) is 46.2 Å². The molecule has 0 spiro atoms. The van der Waals surface area contributed by atoms with Gasteiger partial charge in [-0.1, -0.05) is 0 Å². The molecule has 82 valence electrons. The van der Waals surface area contributed by atoms with Crippen LogP contribution < -0.4 is 5.73 Å². The summed E-state index contributed by atoms with van der Waals surface area (Å²) >= 11 is 2.96. The van der Waals surface area contributed by atoms with Gasteiger partial charge in [0.1, 0.15) is 5.75 Å². The van der Waals surface area contributed by atoms with E-state index in [9.17, 15) is 13.9 Å². The number of phenolic OH excluding ortho intramolecular Hbond substituents is 1. The molecule has 0 radical (unpaired) electrons. The SMILES string of the molecule is NC1(Cc2c(O)c(Br)cc(F)c2F)CC1. The summed E-state index contributed by atoms with van der Waals surface area (Å²) in [4.78, 5) is 0. The van der Waals surface area contributed by atoms with Gasteiger partial charge in [-0.15, -0.1) is 0 Å². The van der Waals surface area contributed by atoms with Crippen LogP contribution in [0.1, 0.15) is 18.4 Å². The van der Waals surface area contributed by atoms with Gasteiger partial charge in [0.25, 0.3) is 0 Å². The van der Waals surface area contributed by atoms with Gasteiger partial charge in [0, 0.05) is 11.1 Å². The molecule has 0 saturated heterocycles. The van der Waals surface area contributed by atoms with Gasteiger partial charge in [-0.25, -0.2) is 8.78 Å². The van der Waals surface area contributed by atoms with Crippen molar-refractivity contribution in [2.24, 2.45) is 5.73 Å². The van der Waals surface area contributed by atoms with Crippen molar-refractivity contribution in [1.29, 1.82) is 0 Å². The number of phenols is 1. The Labute approximate surface area is 94.2 Å². The average Bonchev–Trinajstić information content (AvgIpc) is 2.89. The second kappa shape index (κ2) is 3.42. The van der Waals surface area contributed by atoms with E-state index in [-0.39, 0.29) is 22.2 Å². The molecule has 3 N–H and O–H groups in total. The molecule has 1 aromatic carbocycles. The Morgan fingerprint density at radius 2 is 2.07 bits per heavy atom. The summed E-state index contributed by atoms with van der Waals surface area (Å²) in [5.74, 6) is -2.24. The average molecular weight is 278 g/mol. The fraction of sp³-hybridized carbons (Fsp3) is 0.400. The first-order chi connectivity index (χ1) is 6.93. The van der Waals surface area contributed by atoms with Crippen LogP contribution >= 0.6 is 15.9 Å². The molecule has 1 saturated carbocycles. The summed E-state index contributed by atoms with van der Waals surface area (Å²) in [6, 6.07) is 0.907. The molecule has 0 aliphatic heterocycles. The number of aromatic hydroxyl groups is 1. The quantitative estimate of drug-likeness (QED) is 0.816. The monoisotopic (exact) mass is 277 g/mol. The summed E-state index contributed by atoms with van der Waals surface area (Å²) in [6.45, 7) is 0. The molecular formula is C10H10BrF2NO. The number of halogens is 3. The van der Waals surface area contributed by atoms with Gasteiger partial charge < -0.3 is 10.8 Å². The minimum absolute atomic E-state index is 0.0399. The van der Waals surface area contributed by atoms with Crippen LogP contribution in [0, 0.1) is 11.6 Å². The predicted molar refractivity (Wildman–Crippen MR) is 55.6 cm³/mol. The second-order valence-corrected chi connectivity index (χ2v) is 4.87. The molecule has 2 nitrogen and oxygen atoms in total. The molecule has 1 aromatic rings. The molecule has 15 heavy (non-hydrogen) atoms. The highest BCUT2D eigenvalue weighted by atomic mass is 79.9. The number of hydrogen-bond donors (Lipinski definition) is 2. The molecule has 0 amide bonds. The van der Waals surface area contributed by atoms with Gasteiger partial charge in [-0.3, -0.25) is 0 Å². The number of rotatable bonds is 2. The first-order valence-electron chi connectivity index (χ1n) is 4.57. The standard InChI is InChI=1S/C10H10BrF2NO/c11-6-3-7(12)8(13)5(9(6)15)4-10(14)1-2-10/h3,15H,1-2,4,14H2. The minimum atomic E-state index is -1.01. The lowest BCUT2D eigenvalue weighted by Crippen LogP contribution is -2.25. The first-order valence-corrected chi connectivity index (χ1v) is 5.36. The van der Waals surface area contributed by atoms with Crippen LogP contribution in [-0.4, -0.2) is 10.6 Å². The Balaban J connectivity index is 2.44. The van der Waals surface area contributed by atoms with Crippen molar-refractivity contribution in [3.63, 3.8) is 0 Å². The zero-order valence-corrected chi connectivity index (χ0v) is 9.44. The molecule has 2 rings (SSSR count). The van der Waals surface area contributed by atoms with Crippen molar-refractivity contribution < 1.29 is 13.9 Å². The molecular weight excluding hydrogens is 268 g/mol. The summed E-state index contributed by atoms with van der Waals surface area (Å²) < 4.78 is 26.6. The maximum Gasteiger partial charge on any atom is 0.165 e. The van der Waals surface area contributed by atoms with E-state index < -0.39 is 17.2 Å². The third kappa shape index (κ3) is 1.99. The molecule has 1 aliphatic rings. The van der Waals surface area contributed by atoms with E-state index in [4.69, 9.17) is 5.73 Å². The largest absolute Gasteiger partial charge is 0.506 e. The minimum Gasteiger partial charge on any atom is -0.506 e. The highest BCUT2D eigenvalue weighted by Gasteiger charge is 2.40. The Morgan fingerprint density at radius 1 is 1.47 bits per heavy atom. The summed E-state index contributed by atoms with van der Waals surface area (Å²) in [5.41, 5.74) is 5.29. The molecule has 5 heteroatoms. The van der Waals surface area contributed by atoms with Crippen molar-refractivity contribution >= 4 is 15.9 Å². The smallest absolute Gasteiger partial charge is 0.165 e. The number of benzene rings is 1. The van der Waals surface area contributed by atoms with E-state index in [0.717, 1.165) is 18.9 Å². The zero-order chi connectivity index (χ0) is 11.2. The van der Waals surface area contributed by atoms with Crippen LogP contribution in [0.4, 0.5) is 8.78 Å². The van der Waals surface area contributed by atoms with Gasteiger partial charge in [0.05, 0.1) is 4.47 Å². The third-order valence-electron chi connectivity index (χ3n) is 2.66. The van der Waals surface area contributed by atoms with Crippen molar-refractivity contribution in [3.8, 4) is 5.75 Å². The van der Waals surface area contributed by atoms with E-state index in [1.165, 1.54) is 0 Å². The van der Waals surface area contributed by atoms with Gasteiger partial charge in [0.15, 0.2) is 11.6 Å². The van der Waals surface area contributed by atoms with Gasteiger partial charge in [-0.05, 0) is 41.3 Å². The van der Waals surface area contributed by atoms with Crippen LogP contribution in [0.5, 0.6) is 5.75 Å².